The van der Waals surface area contributed by atoms with Crippen LogP contribution in [0.4, 0.5) is 5.69 Å². The summed E-state index contributed by atoms with van der Waals surface area (Å²) in [6, 6.07) is 6.15. The Bertz CT molecular complexity index is 636. The molecule has 0 bridgehead atoms. The summed E-state index contributed by atoms with van der Waals surface area (Å²) in [7, 11) is -3.20. The normalized spacial score (nSPS) is 11.2. The second-order valence-corrected chi connectivity index (χ2v) is 5.66. The predicted octanol–water partition coefficient (Wildman–Crippen LogP) is 1.25. The molecule has 0 amide bonds. The second kappa shape index (κ2) is 4.61. The highest BCUT2D eigenvalue weighted by Gasteiger charge is 2.07. The van der Waals surface area contributed by atoms with E-state index >= 15 is 0 Å². The van der Waals surface area contributed by atoms with Crippen LogP contribution < -0.4 is 10.5 Å². The average molecular weight is 265 g/mol. The molecule has 0 aliphatic carbocycles. The highest BCUT2D eigenvalue weighted by molar-refractivity contribution is 7.90. The van der Waals surface area contributed by atoms with Crippen LogP contribution in [0.1, 0.15) is 0 Å². The molecule has 1 heterocycles. The standard InChI is InChI=1S/C11H11N3O3S/c1-18(15,16)10-4-2-9(3-5-10)17-11-13-6-8(12)7-14-11/h2-7H,12H2,1H3. The maximum atomic E-state index is 11.3. The van der Waals surface area contributed by atoms with E-state index in [0.717, 1.165) is 6.26 Å². The summed E-state index contributed by atoms with van der Waals surface area (Å²) in [6.07, 6.45) is 3.99. The second-order valence-electron chi connectivity index (χ2n) is 3.64. The van der Waals surface area contributed by atoms with Crippen molar-refractivity contribution < 1.29 is 13.2 Å². The van der Waals surface area contributed by atoms with Gasteiger partial charge in [-0.05, 0) is 24.3 Å². The lowest BCUT2D eigenvalue weighted by Crippen LogP contribution is -1.97. The topological polar surface area (TPSA) is 95.2 Å². The molecule has 0 unspecified atom stereocenters. The Morgan fingerprint density at radius 3 is 2.17 bits per heavy atom. The van der Waals surface area contributed by atoms with Gasteiger partial charge in [-0.1, -0.05) is 0 Å². The van der Waals surface area contributed by atoms with Crippen LogP contribution in [-0.2, 0) is 9.84 Å². The number of ether oxygens (including phenoxy) is 1. The molecule has 18 heavy (non-hydrogen) atoms. The van der Waals surface area contributed by atoms with Gasteiger partial charge in [-0.15, -0.1) is 0 Å². The zero-order valence-electron chi connectivity index (χ0n) is 9.57. The van der Waals surface area contributed by atoms with Gasteiger partial charge in [-0.2, -0.15) is 0 Å². The molecule has 6 nitrogen and oxygen atoms in total. The van der Waals surface area contributed by atoms with Crippen LogP contribution in [0.5, 0.6) is 11.8 Å². The van der Waals surface area contributed by atoms with Gasteiger partial charge in [-0.3, -0.25) is 0 Å². The monoisotopic (exact) mass is 265 g/mol. The molecule has 94 valence electrons. The summed E-state index contributed by atoms with van der Waals surface area (Å²) in [5.41, 5.74) is 5.88. The van der Waals surface area contributed by atoms with Crippen LogP contribution in [0.15, 0.2) is 41.6 Å². The lowest BCUT2D eigenvalue weighted by molar-refractivity contribution is 0.441. The first-order valence-corrected chi connectivity index (χ1v) is 6.90. The minimum absolute atomic E-state index is 0.149. The molecule has 1 aromatic carbocycles. The highest BCUT2D eigenvalue weighted by Crippen LogP contribution is 2.20. The van der Waals surface area contributed by atoms with Gasteiger partial charge in [-0.25, -0.2) is 18.4 Å². The van der Waals surface area contributed by atoms with Crippen molar-refractivity contribution in [2.45, 2.75) is 4.90 Å². The molecule has 0 radical (unpaired) electrons. The molecule has 0 spiro atoms. The number of aromatic nitrogens is 2. The van der Waals surface area contributed by atoms with Crippen molar-refractivity contribution in [3.63, 3.8) is 0 Å². The fraction of sp³-hybridized carbons (Fsp3) is 0.0909. The summed E-state index contributed by atoms with van der Waals surface area (Å²) in [5, 5.41) is 0. The molecule has 0 fully saturated rings. The maximum Gasteiger partial charge on any atom is 0.322 e. The van der Waals surface area contributed by atoms with Gasteiger partial charge in [0.15, 0.2) is 9.84 Å². The Morgan fingerprint density at radius 1 is 1.11 bits per heavy atom. The number of hydrogen-bond donors (Lipinski definition) is 1. The first-order valence-electron chi connectivity index (χ1n) is 5.00. The van der Waals surface area contributed by atoms with E-state index in [1.54, 1.807) is 0 Å². The van der Waals surface area contributed by atoms with Gasteiger partial charge in [0, 0.05) is 6.26 Å². The summed E-state index contributed by atoms with van der Waals surface area (Å²) in [4.78, 5) is 7.97. The van der Waals surface area contributed by atoms with Crippen LogP contribution in [0.25, 0.3) is 0 Å². The quantitative estimate of drug-likeness (QED) is 0.897. The van der Waals surface area contributed by atoms with Gasteiger partial charge in [0.2, 0.25) is 0 Å². The number of nitrogen functional groups attached to an aromatic ring is 1. The lowest BCUT2D eigenvalue weighted by Gasteiger charge is -2.04. The number of nitrogens with two attached hydrogens (primary N) is 1. The number of rotatable bonds is 3. The predicted molar refractivity (Wildman–Crippen MR) is 66.1 cm³/mol. The molecule has 0 aliphatic rings. The average Bonchev–Trinajstić information content (AvgIpc) is 2.32. The number of sulfone groups is 1. The molecule has 2 rings (SSSR count). The Balaban J connectivity index is 2.18. The van der Waals surface area contributed by atoms with Crippen molar-refractivity contribution >= 4 is 15.5 Å². The number of benzene rings is 1. The van der Waals surface area contributed by atoms with E-state index < -0.39 is 9.84 Å². The Hall–Kier alpha value is -2.15. The van der Waals surface area contributed by atoms with Crippen LogP contribution in [0, 0.1) is 0 Å². The molecule has 0 saturated heterocycles. The minimum atomic E-state index is -3.20. The van der Waals surface area contributed by atoms with E-state index in [9.17, 15) is 8.42 Å². The van der Waals surface area contributed by atoms with Crippen LogP contribution in [0.2, 0.25) is 0 Å². The van der Waals surface area contributed by atoms with E-state index in [1.807, 2.05) is 0 Å². The van der Waals surface area contributed by atoms with Gasteiger partial charge in [0.25, 0.3) is 0 Å². The minimum Gasteiger partial charge on any atom is -0.424 e. The Labute approximate surface area is 104 Å². The van der Waals surface area contributed by atoms with Gasteiger partial charge >= 0.3 is 6.01 Å². The summed E-state index contributed by atoms with van der Waals surface area (Å²) in [6.45, 7) is 0. The van der Waals surface area contributed by atoms with Crippen LogP contribution in [-0.4, -0.2) is 24.6 Å². The molecule has 0 aliphatic heterocycles. The largest absolute Gasteiger partial charge is 0.424 e. The summed E-state index contributed by atoms with van der Waals surface area (Å²) in [5.74, 6) is 0.451. The van der Waals surface area contributed by atoms with Crippen molar-refractivity contribution in [1.29, 1.82) is 0 Å². The Kier molecular flexibility index (Phi) is 3.15. The molecule has 1 aromatic heterocycles. The van der Waals surface area contributed by atoms with E-state index in [2.05, 4.69) is 9.97 Å². The highest BCUT2D eigenvalue weighted by atomic mass is 32.2. The van der Waals surface area contributed by atoms with Crippen LogP contribution in [0.3, 0.4) is 0 Å². The third kappa shape index (κ3) is 2.95. The third-order valence-electron chi connectivity index (χ3n) is 2.11. The zero-order valence-corrected chi connectivity index (χ0v) is 10.4. The van der Waals surface area contributed by atoms with Crippen molar-refractivity contribution in [2.75, 3.05) is 12.0 Å². The van der Waals surface area contributed by atoms with E-state index in [-0.39, 0.29) is 10.9 Å². The smallest absolute Gasteiger partial charge is 0.322 e. The number of anilines is 1. The lowest BCUT2D eigenvalue weighted by atomic mass is 10.3. The van der Waals surface area contributed by atoms with Crippen molar-refractivity contribution in [3.05, 3.63) is 36.7 Å². The van der Waals surface area contributed by atoms with Crippen molar-refractivity contribution in [1.82, 2.24) is 9.97 Å². The van der Waals surface area contributed by atoms with Crippen molar-refractivity contribution in [3.8, 4) is 11.8 Å². The van der Waals surface area contributed by atoms with E-state index in [1.165, 1.54) is 36.7 Å². The fourth-order valence-corrected chi connectivity index (χ4v) is 1.87. The first kappa shape index (κ1) is 12.3. The van der Waals surface area contributed by atoms with Gasteiger partial charge in [0.1, 0.15) is 5.75 Å². The molecule has 0 saturated carbocycles. The Morgan fingerprint density at radius 2 is 1.67 bits per heavy atom. The summed E-state index contributed by atoms with van der Waals surface area (Å²) >= 11 is 0. The van der Waals surface area contributed by atoms with Gasteiger partial charge in [0.05, 0.1) is 23.0 Å². The fourth-order valence-electron chi connectivity index (χ4n) is 1.24. The van der Waals surface area contributed by atoms with Gasteiger partial charge < -0.3 is 10.5 Å². The number of hydrogen-bond acceptors (Lipinski definition) is 6. The zero-order chi connectivity index (χ0) is 13.2. The summed E-state index contributed by atoms with van der Waals surface area (Å²) < 4.78 is 27.8. The molecular weight excluding hydrogens is 254 g/mol. The SMILES string of the molecule is CS(=O)(=O)c1ccc(Oc2ncc(N)cn2)cc1. The maximum absolute atomic E-state index is 11.3. The molecule has 2 N–H and O–H groups in total. The molecule has 7 heteroatoms. The molecule has 2 aromatic rings. The van der Waals surface area contributed by atoms with Crippen molar-refractivity contribution in [2.24, 2.45) is 0 Å². The molecular formula is C11H11N3O3S. The van der Waals surface area contributed by atoms with E-state index in [0.29, 0.717) is 11.4 Å². The van der Waals surface area contributed by atoms with E-state index in [4.69, 9.17) is 10.5 Å². The molecule has 0 atom stereocenters. The third-order valence-corrected chi connectivity index (χ3v) is 3.24. The number of nitrogens with zero attached hydrogens (tertiary/aromatic N) is 2. The van der Waals surface area contributed by atoms with Crippen LogP contribution >= 0.6 is 0 Å². The first-order chi connectivity index (χ1) is 8.45.